The lowest BCUT2D eigenvalue weighted by Gasteiger charge is -2.43. The van der Waals surface area contributed by atoms with E-state index in [-0.39, 0.29) is 17.9 Å². The molecule has 3 unspecified atom stereocenters. The molecule has 0 heterocycles. The molecule has 26 heavy (non-hydrogen) atoms. The zero-order valence-corrected chi connectivity index (χ0v) is 15.8. The Balaban J connectivity index is 1.70. The van der Waals surface area contributed by atoms with Crippen LogP contribution in [0, 0.1) is 23.6 Å². The normalized spacial score (nSPS) is 29.0. The second-order valence-electron chi connectivity index (χ2n) is 7.66. The van der Waals surface area contributed by atoms with Gasteiger partial charge >= 0.3 is 0 Å². The first kappa shape index (κ1) is 19.0. The van der Waals surface area contributed by atoms with Crippen molar-refractivity contribution in [3.05, 3.63) is 23.5 Å². The van der Waals surface area contributed by atoms with Crippen molar-refractivity contribution in [2.45, 2.75) is 51.1 Å². The van der Waals surface area contributed by atoms with Gasteiger partial charge in [0.2, 0.25) is 5.91 Å². The highest BCUT2D eigenvalue weighted by Crippen LogP contribution is 2.42. The first-order valence-corrected chi connectivity index (χ1v) is 9.42. The van der Waals surface area contributed by atoms with E-state index in [1.54, 1.807) is 13.0 Å². The first-order valence-electron chi connectivity index (χ1n) is 9.42. The molecular formula is C20H29FN2O3. The van der Waals surface area contributed by atoms with Crippen molar-refractivity contribution in [3.8, 4) is 11.5 Å². The van der Waals surface area contributed by atoms with E-state index in [1.807, 2.05) is 0 Å². The molecule has 3 N–H and O–H groups in total. The van der Waals surface area contributed by atoms with Crippen LogP contribution in [0.15, 0.2) is 12.1 Å². The highest BCUT2D eigenvalue weighted by atomic mass is 19.1. The van der Waals surface area contributed by atoms with Crippen molar-refractivity contribution in [1.82, 2.24) is 5.32 Å². The number of hydrogen-bond acceptors (Lipinski definition) is 4. The maximum Gasteiger partial charge on any atom is 0.223 e. The van der Waals surface area contributed by atoms with Crippen molar-refractivity contribution in [2.24, 2.45) is 23.5 Å². The monoisotopic (exact) mass is 364 g/mol. The van der Waals surface area contributed by atoms with Crippen LogP contribution in [0.5, 0.6) is 11.5 Å². The van der Waals surface area contributed by atoms with Crippen molar-refractivity contribution in [2.75, 3.05) is 14.2 Å². The Bertz CT molecular complexity index is 653. The van der Waals surface area contributed by atoms with Gasteiger partial charge in [0.1, 0.15) is 5.82 Å². The van der Waals surface area contributed by atoms with Crippen LogP contribution in [-0.2, 0) is 4.79 Å². The van der Waals surface area contributed by atoms with Gasteiger partial charge in [-0.05, 0) is 50.5 Å². The molecule has 0 aromatic heterocycles. The molecule has 3 atom stereocenters. The summed E-state index contributed by atoms with van der Waals surface area (Å²) >= 11 is 0. The molecule has 2 fully saturated rings. The average molecular weight is 364 g/mol. The Morgan fingerprint density at radius 3 is 2.35 bits per heavy atom. The molecule has 2 aliphatic carbocycles. The number of halogens is 1. The molecule has 5 nitrogen and oxygen atoms in total. The van der Waals surface area contributed by atoms with E-state index in [9.17, 15) is 9.18 Å². The van der Waals surface area contributed by atoms with E-state index < -0.39 is 11.9 Å². The smallest absolute Gasteiger partial charge is 0.223 e. The van der Waals surface area contributed by atoms with E-state index in [1.165, 1.54) is 26.7 Å². The molecule has 2 aliphatic rings. The second-order valence-corrected chi connectivity index (χ2v) is 7.66. The number of fused-ring (bicyclic) bond motifs is 2. The lowest BCUT2D eigenvalue weighted by Crippen LogP contribution is -2.49. The maximum absolute atomic E-state index is 14.4. The van der Waals surface area contributed by atoms with E-state index in [0.717, 1.165) is 25.7 Å². The van der Waals surface area contributed by atoms with Gasteiger partial charge in [0.25, 0.3) is 0 Å². The number of rotatable bonds is 5. The Morgan fingerprint density at radius 1 is 1.19 bits per heavy atom. The topological polar surface area (TPSA) is 73.6 Å². The fourth-order valence-corrected chi connectivity index (χ4v) is 4.61. The summed E-state index contributed by atoms with van der Waals surface area (Å²) in [6.45, 7) is 1.79. The summed E-state index contributed by atoms with van der Waals surface area (Å²) in [5.41, 5.74) is 6.70. The lowest BCUT2D eigenvalue weighted by molar-refractivity contribution is -0.128. The van der Waals surface area contributed by atoms with Crippen molar-refractivity contribution in [3.63, 3.8) is 0 Å². The Labute approximate surface area is 154 Å². The minimum atomic E-state index is -0.447. The van der Waals surface area contributed by atoms with Gasteiger partial charge in [-0.15, -0.1) is 0 Å². The standard InChI is InChI=1S/C20H29FN2O3/c1-11(15-9-17(25-2)18(26-3)10-16(15)21)23-20(24)14-7-12-5-4-6-13(8-14)19(12)22/h9-14,19H,4-8,22H2,1-3H3,(H,23,24). The third kappa shape index (κ3) is 3.65. The minimum Gasteiger partial charge on any atom is -0.493 e. The zero-order chi connectivity index (χ0) is 18.8. The Morgan fingerprint density at radius 2 is 1.77 bits per heavy atom. The number of carbonyl (C=O) groups is 1. The maximum atomic E-state index is 14.4. The second kappa shape index (κ2) is 7.82. The summed E-state index contributed by atoms with van der Waals surface area (Å²) < 4.78 is 24.8. The highest BCUT2D eigenvalue weighted by Gasteiger charge is 2.40. The van der Waals surface area contributed by atoms with Crippen molar-refractivity contribution in [1.29, 1.82) is 0 Å². The van der Waals surface area contributed by atoms with Gasteiger partial charge in [-0.25, -0.2) is 4.39 Å². The fraction of sp³-hybridized carbons (Fsp3) is 0.650. The average Bonchev–Trinajstić information content (AvgIpc) is 2.60. The number of carbonyl (C=O) groups excluding carboxylic acids is 1. The number of amides is 1. The van der Waals surface area contributed by atoms with Gasteiger partial charge in [-0.3, -0.25) is 4.79 Å². The largest absolute Gasteiger partial charge is 0.493 e. The molecule has 6 heteroatoms. The summed E-state index contributed by atoms with van der Waals surface area (Å²) in [6, 6.07) is 2.66. The quantitative estimate of drug-likeness (QED) is 0.842. The number of nitrogens with two attached hydrogens (primary N) is 1. The van der Waals surface area contributed by atoms with Gasteiger partial charge in [0.05, 0.1) is 20.3 Å². The molecule has 1 aromatic rings. The van der Waals surface area contributed by atoms with Crippen molar-refractivity contribution >= 4 is 5.91 Å². The molecule has 1 amide bonds. The van der Waals surface area contributed by atoms with Crippen LogP contribution in [0.2, 0.25) is 0 Å². The van der Waals surface area contributed by atoms with Gasteiger partial charge in [0.15, 0.2) is 11.5 Å². The van der Waals surface area contributed by atoms with Gasteiger partial charge in [-0.2, -0.15) is 0 Å². The summed E-state index contributed by atoms with van der Waals surface area (Å²) in [4.78, 5) is 12.8. The lowest BCUT2D eigenvalue weighted by atomic mass is 9.65. The van der Waals surface area contributed by atoms with Crippen LogP contribution in [0.3, 0.4) is 0 Å². The molecule has 0 radical (unpaired) electrons. The molecule has 2 bridgehead atoms. The third-order valence-corrected chi connectivity index (χ3v) is 6.11. The van der Waals surface area contributed by atoms with E-state index in [4.69, 9.17) is 15.2 Å². The molecule has 144 valence electrons. The first-order chi connectivity index (χ1) is 12.4. The molecule has 2 saturated carbocycles. The van der Waals surface area contributed by atoms with E-state index in [2.05, 4.69) is 5.32 Å². The predicted octanol–water partition coefficient (Wildman–Crippen LogP) is 3.17. The van der Waals surface area contributed by atoms with Gasteiger partial charge < -0.3 is 20.5 Å². The third-order valence-electron chi connectivity index (χ3n) is 6.11. The molecular weight excluding hydrogens is 335 g/mol. The number of nitrogens with one attached hydrogen (secondary N) is 1. The van der Waals surface area contributed by atoms with Crippen LogP contribution in [0.1, 0.15) is 50.6 Å². The van der Waals surface area contributed by atoms with Crippen LogP contribution >= 0.6 is 0 Å². The molecule has 3 rings (SSSR count). The van der Waals surface area contributed by atoms with Gasteiger partial charge in [-0.1, -0.05) is 6.42 Å². The van der Waals surface area contributed by atoms with Crippen LogP contribution in [0.25, 0.3) is 0 Å². The van der Waals surface area contributed by atoms with Crippen LogP contribution in [-0.4, -0.2) is 26.2 Å². The minimum absolute atomic E-state index is 0.00418. The predicted molar refractivity (Wildman–Crippen MR) is 97.6 cm³/mol. The summed E-state index contributed by atoms with van der Waals surface area (Å²) in [7, 11) is 2.97. The molecule has 0 saturated heterocycles. The molecule has 0 aliphatic heterocycles. The number of benzene rings is 1. The summed E-state index contributed by atoms with van der Waals surface area (Å²) in [5, 5.41) is 2.98. The van der Waals surface area contributed by atoms with Crippen LogP contribution in [0.4, 0.5) is 4.39 Å². The van der Waals surface area contributed by atoms with E-state index >= 15 is 0 Å². The molecule has 0 spiro atoms. The van der Waals surface area contributed by atoms with E-state index in [0.29, 0.717) is 28.9 Å². The number of ether oxygens (including phenoxy) is 2. The summed E-state index contributed by atoms with van der Waals surface area (Å²) in [6.07, 6.45) is 5.11. The molecule has 1 aromatic carbocycles. The fourth-order valence-electron chi connectivity index (χ4n) is 4.61. The number of hydrogen-bond donors (Lipinski definition) is 2. The Hall–Kier alpha value is -1.82. The highest BCUT2D eigenvalue weighted by molar-refractivity contribution is 5.79. The van der Waals surface area contributed by atoms with Crippen LogP contribution < -0.4 is 20.5 Å². The SMILES string of the molecule is COc1cc(F)c(C(C)NC(=O)C2CC3CCCC(C2)C3N)cc1OC. The Kier molecular flexibility index (Phi) is 5.70. The number of methoxy groups -OCH3 is 2. The summed E-state index contributed by atoms with van der Waals surface area (Å²) in [5.74, 6) is 1.20. The zero-order valence-electron chi connectivity index (χ0n) is 15.8. The van der Waals surface area contributed by atoms with Gasteiger partial charge in [0, 0.05) is 23.6 Å². The van der Waals surface area contributed by atoms with Crippen molar-refractivity contribution < 1.29 is 18.7 Å².